The van der Waals surface area contributed by atoms with Gasteiger partial charge in [0, 0.05) is 12.1 Å². The topological polar surface area (TPSA) is 70.5 Å². The quantitative estimate of drug-likeness (QED) is 0.720. The van der Waals surface area contributed by atoms with Crippen molar-refractivity contribution in [2.24, 2.45) is 11.5 Å². The van der Waals surface area contributed by atoms with Crippen LogP contribution in [0.4, 0.5) is 26.3 Å². The van der Waals surface area contributed by atoms with E-state index >= 15 is 0 Å². The molecule has 0 aromatic rings. The Kier molecular flexibility index (Phi) is 10.3. The average molecular weight is 383 g/mol. The molecule has 0 spiro atoms. The van der Waals surface area contributed by atoms with Gasteiger partial charge in [0.1, 0.15) is 0 Å². The van der Waals surface area contributed by atoms with Gasteiger partial charge in [0.2, 0.25) is 0 Å². The van der Waals surface area contributed by atoms with E-state index in [0.717, 1.165) is 0 Å². The summed E-state index contributed by atoms with van der Waals surface area (Å²) in [4.78, 5) is 0. The zero-order valence-corrected chi connectivity index (χ0v) is 12.8. The number of ether oxygens (including phenoxy) is 2. The van der Waals surface area contributed by atoms with E-state index < -0.39 is 24.9 Å². The van der Waals surface area contributed by atoms with Gasteiger partial charge in [-0.1, -0.05) is 0 Å². The van der Waals surface area contributed by atoms with E-state index in [1.807, 2.05) is 0 Å². The molecule has 136 valence electrons. The van der Waals surface area contributed by atoms with Gasteiger partial charge in [-0.25, -0.2) is 0 Å². The third kappa shape index (κ3) is 10.7. The van der Waals surface area contributed by atoms with Gasteiger partial charge in [0.05, 0.1) is 12.2 Å². The molecule has 4 N–H and O–H groups in total. The Bertz CT molecular complexity index is 277. The lowest BCUT2D eigenvalue weighted by Gasteiger charge is -2.32. The second kappa shape index (κ2) is 9.33. The van der Waals surface area contributed by atoms with E-state index in [4.69, 9.17) is 11.5 Å². The highest BCUT2D eigenvalue weighted by Crippen LogP contribution is 2.29. The largest absolute Gasteiger partial charge is 0.522 e. The molecular formula is C10H18Cl2F6N2O2. The molecule has 0 aromatic carbocycles. The van der Waals surface area contributed by atoms with E-state index in [2.05, 4.69) is 9.47 Å². The molecule has 4 nitrogen and oxygen atoms in total. The number of rotatable bonds is 2. The van der Waals surface area contributed by atoms with E-state index in [1.165, 1.54) is 0 Å². The minimum absolute atomic E-state index is 0. The zero-order chi connectivity index (χ0) is 15.6. The maximum absolute atomic E-state index is 11.4. The fourth-order valence-corrected chi connectivity index (χ4v) is 1.78. The molecule has 2 rings (SSSR count). The van der Waals surface area contributed by atoms with E-state index in [1.54, 1.807) is 0 Å². The van der Waals surface area contributed by atoms with Crippen LogP contribution in [0.5, 0.6) is 0 Å². The summed E-state index contributed by atoms with van der Waals surface area (Å²) >= 11 is 0. The van der Waals surface area contributed by atoms with E-state index in [9.17, 15) is 26.3 Å². The number of halogens is 8. The summed E-state index contributed by atoms with van der Waals surface area (Å²) in [6.45, 7) is 0. The van der Waals surface area contributed by atoms with Crippen molar-refractivity contribution in [3.8, 4) is 0 Å². The first-order valence-corrected chi connectivity index (χ1v) is 5.95. The van der Waals surface area contributed by atoms with Crippen molar-refractivity contribution >= 4 is 24.8 Å². The lowest BCUT2D eigenvalue weighted by Crippen LogP contribution is -2.44. The molecular weight excluding hydrogens is 365 g/mol. The van der Waals surface area contributed by atoms with Gasteiger partial charge < -0.3 is 11.5 Å². The third-order valence-corrected chi connectivity index (χ3v) is 2.86. The van der Waals surface area contributed by atoms with Gasteiger partial charge in [-0.2, -0.15) is 0 Å². The summed E-state index contributed by atoms with van der Waals surface area (Å²) in [5, 5.41) is 0. The van der Waals surface area contributed by atoms with Gasteiger partial charge in [-0.15, -0.1) is 51.2 Å². The summed E-state index contributed by atoms with van der Waals surface area (Å²) in [5.74, 6) is 0. The molecule has 0 amide bonds. The number of alkyl halides is 6. The van der Waals surface area contributed by atoms with Crippen LogP contribution in [0.25, 0.3) is 0 Å². The summed E-state index contributed by atoms with van der Waals surface area (Å²) in [6.07, 6.45) is -9.11. The minimum Gasteiger partial charge on any atom is -0.328 e. The second-order valence-electron chi connectivity index (χ2n) is 4.83. The first-order chi connectivity index (χ1) is 8.94. The van der Waals surface area contributed by atoms with Crippen molar-refractivity contribution < 1.29 is 35.8 Å². The maximum atomic E-state index is 11.4. The highest BCUT2D eigenvalue weighted by Gasteiger charge is 2.39. The first kappa shape index (κ1) is 24.3. The molecule has 0 unspecified atom stereocenters. The minimum atomic E-state index is -4.50. The Labute approximate surface area is 135 Å². The molecule has 0 bridgehead atoms. The van der Waals surface area contributed by atoms with Crippen LogP contribution < -0.4 is 11.5 Å². The molecule has 0 heterocycles. The standard InChI is InChI=1S/2C5H8F3NO.2ClH/c2*6-5(7,8)10-4-1-3(9)2-4;;/h2*3-4H,1-2,9H2;2*1H. The van der Waals surface area contributed by atoms with Gasteiger partial charge >= 0.3 is 12.7 Å². The molecule has 2 aliphatic rings. The Balaban J connectivity index is 0. The predicted molar refractivity (Wildman–Crippen MR) is 70.8 cm³/mol. The molecule has 2 fully saturated rings. The first-order valence-electron chi connectivity index (χ1n) is 5.95. The molecule has 2 saturated carbocycles. The van der Waals surface area contributed by atoms with Crippen LogP contribution >= 0.6 is 24.8 Å². The van der Waals surface area contributed by atoms with Crippen LogP contribution in [-0.2, 0) is 9.47 Å². The number of nitrogens with two attached hydrogens (primary N) is 2. The number of hydrogen-bond donors (Lipinski definition) is 2. The Morgan fingerprint density at radius 3 is 1.00 bits per heavy atom. The Morgan fingerprint density at radius 2 is 0.864 bits per heavy atom. The van der Waals surface area contributed by atoms with Crippen LogP contribution in [0.3, 0.4) is 0 Å². The van der Waals surface area contributed by atoms with Crippen LogP contribution in [0.15, 0.2) is 0 Å². The molecule has 0 aromatic heterocycles. The van der Waals surface area contributed by atoms with Crippen molar-refractivity contribution in [3.05, 3.63) is 0 Å². The average Bonchev–Trinajstić information content (AvgIpc) is 2.09. The van der Waals surface area contributed by atoms with Crippen molar-refractivity contribution in [1.82, 2.24) is 0 Å². The van der Waals surface area contributed by atoms with E-state index in [0.29, 0.717) is 25.7 Å². The maximum Gasteiger partial charge on any atom is 0.522 e. The molecule has 0 saturated heterocycles. The predicted octanol–water partition coefficient (Wildman–Crippen LogP) is 2.87. The fourth-order valence-electron chi connectivity index (χ4n) is 1.78. The lowest BCUT2D eigenvalue weighted by molar-refractivity contribution is -0.352. The van der Waals surface area contributed by atoms with Crippen molar-refractivity contribution in [1.29, 1.82) is 0 Å². The highest BCUT2D eigenvalue weighted by molar-refractivity contribution is 5.85. The van der Waals surface area contributed by atoms with Gasteiger partial charge in [-0.3, -0.25) is 9.47 Å². The van der Waals surface area contributed by atoms with Crippen molar-refractivity contribution in [2.45, 2.75) is 62.7 Å². The molecule has 12 heteroatoms. The van der Waals surface area contributed by atoms with Crippen LogP contribution in [0.1, 0.15) is 25.7 Å². The fraction of sp³-hybridized carbons (Fsp3) is 1.00. The third-order valence-electron chi connectivity index (χ3n) is 2.86. The molecule has 0 atom stereocenters. The van der Waals surface area contributed by atoms with Crippen LogP contribution in [-0.4, -0.2) is 37.0 Å². The molecule has 22 heavy (non-hydrogen) atoms. The molecule has 0 aliphatic heterocycles. The van der Waals surface area contributed by atoms with E-state index in [-0.39, 0.29) is 36.9 Å². The Morgan fingerprint density at radius 1 is 0.636 bits per heavy atom. The van der Waals surface area contributed by atoms with Gasteiger partial charge in [-0.05, 0) is 25.7 Å². The van der Waals surface area contributed by atoms with Crippen molar-refractivity contribution in [3.63, 3.8) is 0 Å². The second-order valence-corrected chi connectivity index (χ2v) is 4.83. The zero-order valence-electron chi connectivity index (χ0n) is 11.2. The monoisotopic (exact) mass is 382 g/mol. The summed E-state index contributed by atoms with van der Waals surface area (Å²) in [7, 11) is 0. The van der Waals surface area contributed by atoms with Crippen molar-refractivity contribution in [2.75, 3.05) is 0 Å². The normalized spacial score (nSPS) is 30.5. The summed E-state index contributed by atoms with van der Waals surface area (Å²) < 4.78 is 75.7. The van der Waals surface area contributed by atoms with Gasteiger partial charge in [0.25, 0.3) is 0 Å². The summed E-state index contributed by atoms with van der Waals surface area (Å²) in [5.41, 5.74) is 10.5. The smallest absolute Gasteiger partial charge is 0.328 e. The summed E-state index contributed by atoms with van der Waals surface area (Å²) in [6, 6.07) is -0.209. The Hall–Kier alpha value is -0.000000000000000111. The lowest BCUT2D eigenvalue weighted by atomic mass is 9.90. The van der Waals surface area contributed by atoms with Crippen LogP contribution in [0, 0.1) is 0 Å². The molecule has 2 aliphatic carbocycles. The molecule has 0 radical (unpaired) electrons. The number of hydrogen-bond acceptors (Lipinski definition) is 4. The van der Waals surface area contributed by atoms with Gasteiger partial charge in [0.15, 0.2) is 0 Å². The SMILES string of the molecule is Cl.Cl.NC1CC(OC(F)(F)F)C1.NC1CC(OC(F)(F)F)C1. The highest BCUT2D eigenvalue weighted by atomic mass is 35.5. The van der Waals surface area contributed by atoms with Crippen LogP contribution in [0.2, 0.25) is 0 Å².